The Bertz CT molecular complexity index is 236. The molecule has 0 bridgehead atoms. The zero-order chi connectivity index (χ0) is 9.90. The number of amides is 1. The number of terminal acetylenes is 1. The van der Waals surface area contributed by atoms with Crippen LogP contribution in [0.5, 0.6) is 0 Å². The second-order valence-corrected chi connectivity index (χ2v) is 4.05. The average Bonchev–Trinajstić information content (AvgIpc) is 1.96. The summed E-state index contributed by atoms with van der Waals surface area (Å²) in [4.78, 5) is 11.4. The van der Waals surface area contributed by atoms with Crippen LogP contribution < -0.4 is 10.6 Å². The van der Waals surface area contributed by atoms with Crippen molar-refractivity contribution in [3.63, 3.8) is 0 Å². The normalized spacial score (nSPS) is 17.3. The van der Waals surface area contributed by atoms with Crippen molar-refractivity contribution in [2.24, 2.45) is 5.92 Å². The third-order valence-corrected chi connectivity index (χ3v) is 2.15. The monoisotopic (exact) mass is 180 g/mol. The molecule has 0 saturated carbocycles. The molecule has 1 fully saturated rings. The van der Waals surface area contributed by atoms with Crippen LogP contribution >= 0.6 is 0 Å². The summed E-state index contributed by atoms with van der Waals surface area (Å²) in [5.74, 6) is 3.08. The van der Waals surface area contributed by atoms with E-state index in [2.05, 4.69) is 16.6 Å². The molecule has 1 aliphatic heterocycles. The smallest absolute Gasteiger partial charge is 0.221 e. The van der Waals surface area contributed by atoms with Gasteiger partial charge in [-0.05, 0) is 32.9 Å². The Balaban J connectivity index is 2.28. The lowest BCUT2D eigenvalue weighted by atomic mass is 9.98. The van der Waals surface area contributed by atoms with E-state index in [1.54, 1.807) is 0 Å². The van der Waals surface area contributed by atoms with Crippen molar-refractivity contribution >= 4 is 5.91 Å². The molecule has 1 rings (SSSR count). The van der Waals surface area contributed by atoms with Gasteiger partial charge in [-0.15, -0.1) is 6.42 Å². The van der Waals surface area contributed by atoms with E-state index in [1.807, 2.05) is 13.8 Å². The first-order valence-corrected chi connectivity index (χ1v) is 4.53. The third kappa shape index (κ3) is 3.08. The Morgan fingerprint density at radius 2 is 2.31 bits per heavy atom. The van der Waals surface area contributed by atoms with E-state index in [9.17, 15) is 4.79 Å². The first-order chi connectivity index (χ1) is 6.03. The predicted octanol–water partition coefficient (Wildman–Crippen LogP) is 0.124. The molecule has 2 N–H and O–H groups in total. The van der Waals surface area contributed by atoms with E-state index in [0.29, 0.717) is 12.3 Å². The van der Waals surface area contributed by atoms with Crippen LogP contribution in [-0.2, 0) is 4.79 Å². The highest BCUT2D eigenvalue weighted by Crippen LogP contribution is 2.09. The summed E-state index contributed by atoms with van der Waals surface area (Å²) in [5.41, 5.74) is -0.520. The van der Waals surface area contributed by atoms with E-state index in [0.717, 1.165) is 13.1 Å². The van der Waals surface area contributed by atoms with Gasteiger partial charge >= 0.3 is 0 Å². The third-order valence-electron chi connectivity index (χ3n) is 2.15. The zero-order valence-corrected chi connectivity index (χ0v) is 8.18. The van der Waals surface area contributed by atoms with Crippen LogP contribution in [0.2, 0.25) is 0 Å². The molecule has 0 atom stereocenters. The summed E-state index contributed by atoms with van der Waals surface area (Å²) in [6.45, 7) is 5.54. The minimum atomic E-state index is -0.520. The van der Waals surface area contributed by atoms with Crippen LogP contribution in [0, 0.1) is 18.3 Å². The fraction of sp³-hybridized carbons (Fsp3) is 0.700. The minimum absolute atomic E-state index is 0.0504. The molecule has 13 heavy (non-hydrogen) atoms. The van der Waals surface area contributed by atoms with Gasteiger partial charge in [0.25, 0.3) is 0 Å². The van der Waals surface area contributed by atoms with Gasteiger partial charge < -0.3 is 10.6 Å². The zero-order valence-electron chi connectivity index (χ0n) is 8.18. The second kappa shape index (κ2) is 3.80. The van der Waals surface area contributed by atoms with Gasteiger partial charge in [-0.25, -0.2) is 0 Å². The minimum Gasteiger partial charge on any atom is -0.340 e. The second-order valence-electron chi connectivity index (χ2n) is 4.05. The van der Waals surface area contributed by atoms with Crippen molar-refractivity contribution in [1.82, 2.24) is 10.6 Å². The number of hydrogen-bond donors (Lipinski definition) is 2. The topological polar surface area (TPSA) is 41.1 Å². The Kier molecular flexibility index (Phi) is 2.94. The SMILES string of the molecule is C#CC(C)(C)NC(=O)CC1CNC1. The van der Waals surface area contributed by atoms with E-state index in [-0.39, 0.29) is 5.91 Å². The molecule has 1 heterocycles. The summed E-state index contributed by atoms with van der Waals surface area (Å²) in [6.07, 6.45) is 5.84. The van der Waals surface area contributed by atoms with Gasteiger partial charge in [-0.2, -0.15) is 0 Å². The van der Waals surface area contributed by atoms with E-state index >= 15 is 0 Å². The molecule has 72 valence electrons. The molecule has 1 saturated heterocycles. The Labute approximate surface area is 79.3 Å². The summed E-state index contributed by atoms with van der Waals surface area (Å²) < 4.78 is 0. The standard InChI is InChI=1S/C10H16N2O/c1-4-10(2,3)12-9(13)5-8-6-11-7-8/h1,8,11H,5-7H2,2-3H3,(H,12,13). The molecule has 0 unspecified atom stereocenters. The highest BCUT2D eigenvalue weighted by molar-refractivity contribution is 5.77. The van der Waals surface area contributed by atoms with Gasteiger partial charge in [0.15, 0.2) is 0 Å². The average molecular weight is 180 g/mol. The van der Waals surface area contributed by atoms with Crippen molar-refractivity contribution in [1.29, 1.82) is 0 Å². The maximum absolute atomic E-state index is 11.4. The van der Waals surface area contributed by atoms with Gasteiger partial charge in [0.2, 0.25) is 5.91 Å². The molecule has 0 spiro atoms. The van der Waals surface area contributed by atoms with Crippen LogP contribution in [0.15, 0.2) is 0 Å². The summed E-state index contributed by atoms with van der Waals surface area (Å²) in [6, 6.07) is 0. The molecule has 0 aromatic rings. The summed E-state index contributed by atoms with van der Waals surface area (Å²) in [5, 5.41) is 5.93. The lowest BCUT2D eigenvalue weighted by Gasteiger charge is -2.28. The van der Waals surface area contributed by atoms with Gasteiger partial charge in [-0.3, -0.25) is 4.79 Å². The molecular formula is C10H16N2O. The maximum Gasteiger partial charge on any atom is 0.221 e. The Hall–Kier alpha value is -1.01. The first kappa shape index (κ1) is 10.1. The van der Waals surface area contributed by atoms with E-state index in [1.165, 1.54) is 0 Å². The fourth-order valence-corrected chi connectivity index (χ4v) is 1.19. The molecule has 0 aromatic heterocycles. The molecule has 0 radical (unpaired) electrons. The van der Waals surface area contributed by atoms with Crippen LogP contribution in [-0.4, -0.2) is 24.5 Å². The van der Waals surface area contributed by atoms with Crippen molar-refractivity contribution in [3.8, 4) is 12.3 Å². The molecule has 1 aliphatic rings. The first-order valence-electron chi connectivity index (χ1n) is 4.53. The van der Waals surface area contributed by atoms with Gasteiger partial charge in [0, 0.05) is 6.42 Å². The lowest BCUT2D eigenvalue weighted by molar-refractivity contribution is -0.123. The summed E-state index contributed by atoms with van der Waals surface area (Å²) >= 11 is 0. The van der Waals surface area contributed by atoms with Gasteiger partial charge in [-0.1, -0.05) is 5.92 Å². The molecule has 1 amide bonds. The van der Waals surface area contributed by atoms with E-state index in [4.69, 9.17) is 6.42 Å². The van der Waals surface area contributed by atoms with Crippen LogP contribution in [0.25, 0.3) is 0 Å². The number of rotatable bonds is 3. The molecule has 0 aromatic carbocycles. The van der Waals surface area contributed by atoms with Crippen LogP contribution in [0.3, 0.4) is 0 Å². The molecule has 3 heteroatoms. The fourth-order valence-electron chi connectivity index (χ4n) is 1.19. The molecule has 3 nitrogen and oxygen atoms in total. The predicted molar refractivity (Wildman–Crippen MR) is 52.0 cm³/mol. The largest absolute Gasteiger partial charge is 0.340 e. The number of carbonyl (C=O) groups is 1. The quantitative estimate of drug-likeness (QED) is 0.606. The Morgan fingerprint density at radius 1 is 1.69 bits per heavy atom. The van der Waals surface area contributed by atoms with Crippen molar-refractivity contribution in [3.05, 3.63) is 0 Å². The highest BCUT2D eigenvalue weighted by Gasteiger charge is 2.23. The van der Waals surface area contributed by atoms with Gasteiger partial charge in [0.05, 0.1) is 5.54 Å². The van der Waals surface area contributed by atoms with Crippen molar-refractivity contribution in [2.45, 2.75) is 25.8 Å². The van der Waals surface area contributed by atoms with E-state index < -0.39 is 5.54 Å². The number of hydrogen-bond acceptors (Lipinski definition) is 2. The summed E-state index contributed by atoms with van der Waals surface area (Å²) in [7, 11) is 0. The highest BCUT2D eigenvalue weighted by atomic mass is 16.1. The van der Waals surface area contributed by atoms with Crippen LogP contribution in [0.4, 0.5) is 0 Å². The van der Waals surface area contributed by atoms with Crippen molar-refractivity contribution < 1.29 is 4.79 Å². The number of nitrogens with one attached hydrogen (secondary N) is 2. The Morgan fingerprint density at radius 3 is 2.69 bits per heavy atom. The molecule has 0 aliphatic carbocycles. The van der Waals surface area contributed by atoms with Crippen molar-refractivity contribution in [2.75, 3.05) is 13.1 Å². The lowest BCUT2D eigenvalue weighted by Crippen LogP contribution is -2.48. The van der Waals surface area contributed by atoms with Gasteiger partial charge in [0.1, 0.15) is 0 Å². The number of carbonyl (C=O) groups excluding carboxylic acids is 1. The van der Waals surface area contributed by atoms with Crippen LogP contribution in [0.1, 0.15) is 20.3 Å². The maximum atomic E-state index is 11.4. The molecular weight excluding hydrogens is 164 g/mol.